The molecule has 0 aliphatic heterocycles. The number of ether oxygens (including phenoxy) is 2. The first-order valence-corrected chi connectivity index (χ1v) is 10.9. The van der Waals surface area contributed by atoms with Gasteiger partial charge in [-0.05, 0) is 56.4 Å². The van der Waals surface area contributed by atoms with Crippen LogP contribution in [-0.4, -0.2) is 36.6 Å². The average Bonchev–Trinajstić information content (AvgIpc) is 2.96. The SMILES string of the molecule is CC(=O)OCC12CCC(F)CC1=CC(=O)C1C2CCC2(C)C(OC(C)=O)CCC12. The number of halogens is 1. The highest BCUT2D eigenvalue weighted by Crippen LogP contribution is 2.64. The molecule has 0 bridgehead atoms. The third-order valence-corrected chi connectivity index (χ3v) is 8.36. The molecule has 5 nitrogen and oxygen atoms in total. The van der Waals surface area contributed by atoms with Crippen molar-refractivity contribution in [3.63, 3.8) is 0 Å². The van der Waals surface area contributed by atoms with E-state index in [0.29, 0.717) is 12.8 Å². The van der Waals surface area contributed by atoms with Gasteiger partial charge in [0.1, 0.15) is 18.9 Å². The molecule has 3 fully saturated rings. The van der Waals surface area contributed by atoms with Crippen LogP contribution in [0.1, 0.15) is 65.7 Å². The van der Waals surface area contributed by atoms with Gasteiger partial charge in [-0.2, -0.15) is 0 Å². The highest BCUT2D eigenvalue weighted by atomic mass is 19.1. The van der Waals surface area contributed by atoms with Gasteiger partial charge < -0.3 is 9.47 Å². The second-order valence-electron chi connectivity index (χ2n) is 9.81. The highest BCUT2D eigenvalue weighted by molar-refractivity contribution is 5.94. The van der Waals surface area contributed by atoms with Crippen molar-refractivity contribution in [3.8, 4) is 0 Å². The summed E-state index contributed by atoms with van der Waals surface area (Å²) in [6.45, 7) is 5.21. The van der Waals surface area contributed by atoms with Crippen molar-refractivity contribution in [3.05, 3.63) is 11.6 Å². The number of rotatable bonds is 3. The normalized spacial score (nSPS) is 43.5. The van der Waals surface area contributed by atoms with Gasteiger partial charge in [0.2, 0.25) is 0 Å². The van der Waals surface area contributed by atoms with E-state index in [-0.39, 0.29) is 60.0 Å². The maximum Gasteiger partial charge on any atom is 0.302 e. The van der Waals surface area contributed by atoms with Crippen LogP contribution in [0.15, 0.2) is 11.6 Å². The molecular weight excluding hydrogens is 375 g/mol. The molecule has 0 heterocycles. The summed E-state index contributed by atoms with van der Waals surface area (Å²) < 4.78 is 25.3. The molecule has 3 saturated carbocycles. The minimum absolute atomic E-state index is 0.0519. The molecule has 0 radical (unpaired) electrons. The molecule has 0 N–H and O–H groups in total. The smallest absolute Gasteiger partial charge is 0.302 e. The molecule has 7 unspecified atom stereocenters. The molecule has 7 atom stereocenters. The number of esters is 2. The number of allylic oxidation sites excluding steroid dienone is 1. The molecule has 0 aromatic carbocycles. The van der Waals surface area contributed by atoms with E-state index in [4.69, 9.17) is 9.47 Å². The molecule has 0 spiro atoms. The summed E-state index contributed by atoms with van der Waals surface area (Å²) in [6, 6.07) is 0. The van der Waals surface area contributed by atoms with Crippen LogP contribution >= 0.6 is 0 Å². The molecule has 4 rings (SSSR count). The largest absolute Gasteiger partial charge is 0.465 e. The van der Waals surface area contributed by atoms with Gasteiger partial charge in [0, 0.05) is 37.0 Å². The third-order valence-electron chi connectivity index (χ3n) is 8.36. The quantitative estimate of drug-likeness (QED) is 0.664. The number of fused-ring (bicyclic) bond motifs is 5. The molecule has 29 heavy (non-hydrogen) atoms. The Balaban J connectivity index is 1.70. The van der Waals surface area contributed by atoms with Crippen molar-refractivity contribution in [2.75, 3.05) is 6.61 Å². The zero-order valence-corrected chi connectivity index (χ0v) is 17.5. The van der Waals surface area contributed by atoms with Gasteiger partial charge in [-0.1, -0.05) is 12.5 Å². The minimum Gasteiger partial charge on any atom is -0.465 e. The minimum atomic E-state index is -0.940. The van der Waals surface area contributed by atoms with Gasteiger partial charge in [0.15, 0.2) is 5.78 Å². The van der Waals surface area contributed by atoms with Crippen molar-refractivity contribution in [1.29, 1.82) is 0 Å². The zero-order chi connectivity index (χ0) is 21.0. The molecule has 4 aliphatic carbocycles. The Kier molecular flexibility index (Phi) is 5.11. The first kappa shape index (κ1) is 20.5. The van der Waals surface area contributed by atoms with Crippen molar-refractivity contribution in [1.82, 2.24) is 0 Å². The second-order valence-corrected chi connectivity index (χ2v) is 9.81. The van der Waals surface area contributed by atoms with Crippen LogP contribution in [0, 0.1) is 28.6 Å². The average molecular weight is 406 g/mol. The molecule has 160 valence electrons. The summed E-state index contributed by atoms with van der Waals surface area (Å²) in [7, 11) is 0. The predicted octanol–water partition coefficient (Wildman–Crippen LogP) is 3.94. The Morgan fingerprint density at radius 3 is 2.55 bits per heavy atom. The van der Waals surface area contributed by atoms with Crippen LogP contribution in [0.5, 0.6) is 0 Å². The molecule has 4 aliphatic rings. The summed E-state index contributed by atoms with van der Waals surface area (Å²) in [5.41, 5.74) is 0.184. The maximum atomic E-state index is 14.2. The number of carbonyl (C=O) groups excluding carboxylic acids is 3. The number of hydrogen-bond donors (Lipinski definition) is 0. The molecule has 6 heteroatoms. The predicted molar refractivity (Wildman–Crippen MR) is 104 cm³/mol. The summed E-state index contributed by atoms with van der Waals surface area (Å²) in [6.07, 6.45) is 5.16. The van der Waals surface area contributed by atoms with E-state index in [1.807, 2.05) is 0 Å². The van der Waals surface area contributed by atoms with Gasteiger partial charge in [0.25, 0.3) is 0 Å². The lowest BCUT2D eigenvalue weighted by Gasteiger charge is -2.57. The van der Waals surface area contributed by atoms with Gasteiger partial charge in [-0.15, -0.1) is 0 Å². The van der Waals surface area contributed by atoms with E-state index in [2.05, 4.69) is 6.92 Å². The Labute approximate surface area is 171 Å². The fourth-order valence-electron chi connectivity index (χ4n) is 7.02. The summed E-state index contributed by atoms with van der Waals surface area (Å²) in [5, 5.41) is 0. The van der Waals surface area contributed by atoms with E-state index in [9.17, 15) is 18.8 Å². The molecule has 0 aromatic heterocycles. The lowest BCUT2D eigenvalue weighted by Crippen LogP contribution is -2.56. The third kappa shape index (κ3) is 3.23. The monoisotopic (exact) mass is 406 g/mol. The first-order valence-electron chi connectivity index (χ1n) is 10.9. The van der Waals surface area contributed by atoms with Crippen LogP contribution in [0.2, 0.25) is 0 Å². The van der Waals surface area contributed by atoms with Crippen molar-refractivity contribution in [2.24, 2.45) is 28.6 Å². The van der Waals surface area contributed by atoms with E-state index < -0.39 is 11.6 Å². The van der Waals surface area contributed by atoms with Crippen LogP contribution < -0.4 is 0 Å². The number of hydrogen-bond acceptors (Lipinski definition) is 5. The van der Waals surface area contributed by atoms with Crippen molar-refractivity contribution < 1.29 is 28.2 Å². The number of alkyl halides is 1. The lowest BCUT2D eigenvalue weighted by atomic mass is 9.47. The van der Waals surface area contributed by atoms with Gasteiger partial charge in [-0.3, -0.25) is 14.4 Å². The lowest BCUT2D eigenvalue weighted by molar-refractivity contribution is -0.161. The number of ketones is 1. The Morgan fingerprint density at radius 2 is 1.86 bits per heavy atom. The zero-order valence-electron chi connectivity index (χ0n) is 17.5. The topological polar surface area (TPSA) is 69.7 Å². The highest BCUT2D eigenvalue weighted by Gasteiger charge is 2.63. The second kappa shape index (κ2) is 7.21. The van der Waals surface area contributed by atoms with Crippen LogP contribution in [0.4, 0.5) is 4.39 Å². The molecule has 0 aromatic rings. The summed E-state index contributed by atoms with van der Waals surface area (Å²) >= 11 is 0. The molecular formula is C23H31FO5. The molecule has 0 saturated heterocycles. The fraction of sp³-hybridized carbons (Fsp3) is 0.783. The van der Waals surface area contributed by atoms with Crippen LogP contribution in [0.25, 0.3) is 0 Å². The van der Waals surface area contributed by atoms with Gasteiger partial charge >= 0.3 is 11.9 Å². The first-order chi connectivity index (χ1) is 13.7. The van der Waals surface area contributed by atoms with Crippen LogP contribution in [-0.2, 0) is 23.9 Å². The standard InChI is InChI=1S/C23H31FO5/c1-13(25)28-12-23-9-6-16(24)10-15(23)11-19(27)21-17-4-5-20(29-14(2)26)22(17,3)8-7-18(21)23/h11,16-18,20-21H,4-10,12H2,1-3H3. The summed E-state index contributed by atoms with van der Waals surface area (Å²) in [5.74, 6) is -0.527. The van der Waals surface area contributed by atoms with Crippen molar-refractivity contribution >= 4 is 17.7 Å². The van der Waals surface area contributed by atoms with Crippen LogP contribution in [0.3, 0.4) is 0 Å². The van der Waals surface area contributed by atoms with E-state index in [0.717, 1.165) is 31.3 Å². The van der Waals surface area contributed by atoms with Gasteiger partial charge in [-0.25, -0.2) is 4.39 Å². The Bertz CT molecular complexity index is 760. The van der Waals surface area contributed by atoms with E-state index >= 15 is 0 Å². The maximum absolute atomic E-state index is 14.2. The Morgan fingerprint density at radius 1 is 1.10 bits per heavy atom. The summed E-state index contributed by atoms with van der Waals surface area (Å²) in [4.78, 5) is 36.5. The van der Waals surface area contributed by atoms with E-state index in [1.165, 1.54) is 13.8 Å². The van der Waals surface area contributed by atoms with Crippen molar-refractivity contribution in [2.45, 2.75) is 78.0 Å². The fourth-order valence-corrected chi connectivity index (χ4v) is 7.02. The number of carbonyl (C=O) groups is 3. The van der Waals surface area contributed by atoms with E-state index in [1.54, 1.807) is 6.08 Å². The molecule has 0 amide bonds. The Hall–Kier alpha value is -1.72. The van der Waals surface area contributed by atoms with Gasteiger partial charge in [0.05, 0.1) is 0 Å².